The van der Waals surface area contributed by atoms with Crippen LogP contribution in [0.4, 0.5) is 5.69 Å². The number of fused-ring (bicyclic) bond motifs is 1. The van der Waals surface area contributed by atoms with Crippen molar-refractivity contribution in [1.82, 2.24) is 4.98 Å². The lowest BCUT2D eigenvalue weighted by molar-refractivity contribution is 0.815. The van der Waals surface area contributed by atoms with Gasteiger partial charge >= 0.3 is 0 Å². The van der Waals surface area contributed by atoms with E-state index in [0.717, 1.165) is 6.42 Å². The molecule has 0 amide bonds. The van der Waals surface area contributed by atoms with Gasteiger partial charge in [-0.1, -0.05) is 38.1 Å². The zero-order valence-corrected chi connectivity index (χ0v) is 10.9. The maximum Gasteiger partial charge on any atom is 0.0570 e. The standard InChI is InChI=1S/C16H18N2/c1-11(2)14-7-3-5-12-9-15(18-16(12)14)13-6-4-8-17-10-13/h3-8,10-11,15,18H,9H2,1-2H3. The first-order valence-corrected chi connectivity index (χ1v) is 6.54. The van der Waals surface area contributed by atoms with Crippen LogP contribution in [0.3, 0.4) is 0 Å². The fourth-order valence-electron chi connectivity index (χ4n) is 2.68. The summed E-state index contributed by atoms with van der Waals surface area (Å²) in [7, 11) is 0. The molecule has 2 nitrogen and oxygen atoms in total. The molecular formula is C16H18N2. The van der Waals surface area contributed by atoms with Gasteiger partial charge in [-0.05, 0) is 35.1 Å². The average Bonchev–Trinajstić information content (AvgIpc) is 2.83. The van der Waals surface area contributed by atoms with E-state index in [1.54, 1.807) is 0 Å². The van der Waals surface area contributed by atoms with Gasteiger partial charge in [-0.25, -0.2) is 0 Å². The molecule has 3 rings (SSSR count). The van der Waals surface area contributed by atoms with Crippen LogP contribution in [0, 0.1) is 0 Å². The van der Waals surface area contributed by atoms with Crippen LogP contribution in [-0.4, -0.2) is 4.98 Å². The summed E-state index contributed by atoms with van der Waals surface area (Å²) in [6.07, 6.45) is 4.84. The normalized spacial score (nSPS) is 17.6. The Hall–Kier alpha value is -1.83. The number of pyridine rings is 1. The van der Waals surface area contributed by atoms with Crippen molar-refractivity contribution in [3.8, 4) is 0 Å². The summed E-state index contributed by atoms with van der Waals surface area (Å²) < 4.78 is 0. The molecule has 0 bridgehead atoms. The lowest BCUT2D eigenvalue weighted by atomic mass is 9.98. The maximum absolute atomic E-state index is 4.21. The minimum absolute atomic E-state index is 0.369. The molecule has 0 fully saturated rings. The second-order valence-electron chi connectivity index (χ2n) is 5.22. The largest absolute Gasteiger partial charge is 0.377 e. The lowest BCUT2D eigenvalue weighted by Gasteiger charge is -2.14. The summed E-state index contributed by atoms with van der Waals surface area (Å²) in [6.45, 7) is 4.49. The second kappa shape index (κ2) is 4.45. The van der Waals surface area contributed by atoms with Crippen molar-refractivity contribution >= 4 is 5.69 Å². The van der Waals surface area contributed by atoms with Crippen LogP contribution in [0.1, 0.15) is 42.5 Å². The predicted octanol–water partition coefficient (Wildman–Crippen LogP) is 3.91. The Bertz CT molecular complexity index is 546. The molecule has 0 aliphatic carbocycles. The van der Waals surface area contributed by atoms with Crippen molar-refractivity contribution in [3.63, 3.8) is 0 Å². The van der Waals surface area contributed by atoms with Crippen molar-refractivity contribution in [2.45, 2.75) is 32.2 Å². The third-order valence-electron chi connectivity index (χ3n) is 3.63. The SMILES string of the molecule is CC(C)c1cccc2c1NC(c1cccnc1)C2. The summed E-state index contributed by atoms with van der Waals surface area (Å²) >= 11 is 0. The van der Waals surface area contributed by atoms with Gasteiger partial charge in [-0.2, -0.15) is 0 Å². The van der Waals surface area contributed by atoms with E-state index in [1.807, 2.05) is 18.5 Å². The zero-order chi connectivity index (χ0) is 12.5. The van der Waals surface area contributed by atoms with Crippen LogP contribution in [0.2, 0.25) is 0 Å². The molecule has 92 valence electrons. The van der Waals surface area contributed by atoms with Crippen LogP contribution in [0.25, 0.3) is 0 Å². The van der Waals surface area contributed by atoms with E-state index >= 15 is 0 Å². The van der Waals surface area contributed by atoms with Crippen molar-refractivity contribution in [2.75, 3.05) is 5.32 Å². The summed E-state index contributed by atoms with van der Waals surface area (Å²) in [4.78, 5) is 4.21. The number of hydrogen-bond acceptors (Lipinski definition) is 2. The molecule has 1 aromatic carbocycles. The van der Waals surface area contributed by atoms with Gasteiger partial charge in [0.2, 0.25) is 0 Å². The summed E-state index contributed by atoms with van der Waals surface area (Å²) in [5.41, 5.74) is 5.44. The first-order valence-electron chi connectivity index (χ1n) is 6.54. The number of rotatable bonds is 2. The summed E-state index contributed by atoms with van der Waals surface area (Å²) in [5, 5.41) is 3.66. The van der Waals surface area contributed by atoms with Gasteiger partial charge in [0.1, 0.15) is 0 Å². The van der Waals surface area contributed by atoms with Gasteiger partial charge in [-0.3, -0.25) is 4.98 Å². The Morgan fingerprint density at radius 3 is 2.83 bits per heavy atom. The van der Waals surface area contributed by atoms with Crippen molar-refractivity contribution < 1.29 is 0 Å². The van der Waals surface area contributed by atoms with Crippen LogP contribution in [-0.2, 0) is 6.42 Å². The summed E-state index contributed by atoms with van der Waals surface area (Å²) in [5.74, 6) is 0.556. The summed E-state index contributed by atoms with van der Waals surface area (Å²) in [6, 6.07) is 11.1. The van der Waals surface area contributed by atoms with Gasteiger partial charge in [0, 0.05) is 18.1 Å². The number of hydrogen-bond donors (Lipinski definition) is 1. The van der Waals surface area contributed by atoms with Crippen molar-refractivity contribution in [3.05, 3.63) is 59.4 Å². The third kappa shape index (κ3) is 1.88. The minimum atomic E-state index is 0.369. The molecular weight excluding hydrogens is 220 g/mol. The Morgan fingerprint density at radius 1 is 1.22 bits per heavy atom. The zero-order valence-electron chi connectivity index (χ0n) is 10.9. The smallest absolute Gasteiger partial charge is 0.0570 e. The molecule has 1 unspecified atom stereocenters. The topological polar surface area (TPSA) is 24.9 Å². The van der Waals surface area contributed by atoms with Gasteiger partial charge < -0.3 is 5.32 Å². The molecule has 1 aromatic heterocycles. The number of para-hydroxylation sites is 1. The quantitative estimate of drug-likeness (QED) is 0.858. The van der Waals surface area contributed by atoms with Gasteiger partial charge in [0.25, 0.3) is 0 Å². The van der Waals surface area contributed by atoms with E-state index in [9.17, 15) is 0 Å². The van der Waals surface area contributed by atoms with Crippen LogP contribution in [0.15, 0.2) is 42.7 Å². The Kier molecular flexibility index (Phi) is 2.78. The fourth-order valence-corrected chi connectivity index (χ4v) is 2.68. The number of nitrogens with one attached hydrogen (secondary N) is 1. The van der Waals surface area contributed by atoms with Crippen LogP contribution < -0.4 is 5.32 Å². The number of nitrogens with zero attached hydrogens (tertiary/aromatic N) is 1. The van der Waals surface area contributed by atoms with E-state index in [0.29, 0.717) is 12.0 Å². The molecule has 1 aliphatic rings. The highest BCUT2D eigenvalue weighted by Crippen LogP contribution is 2.38. The maximum atomic E-state index is 4.21. The molecule has 1 aliphatic heterocycles. The number of anilines is 1. The predicted molar refractivity (Wildman–Crippen MR) is 74.8 cm³/mol. The van der Waals surface area contributed by atoms with E-state index in [4.69, 9.17) is 0 Å². The van der Waals surface area contributed by atoms with Crippen LogP contribution in [0.5, 0.6) is 0 Å². The molecule has 1 N–H and O–H groups in total. The highest BCUT2D eigenvalue weighted by atomic mass is 15.0. The number of benzene rings is 1. The molecule has 2 heterocycles. The van der Waals surface area contributed by atoms with E-state index in [-0.39, 0.29) is 0 Å². The van der Waals surface area contributed by atoms with E-state index in [1.165, 1.54) is 22.4 Å². The average molecular weight is 238 g/mol. The molecule has 18 heavy (non-hydrogen) atoms. The van der Waals surface area contributed by atoms with Crippen LogP contribution >= 0.6 is 0 Å². The van der Waals surface area contributed by atoms with Gasteiger partial charge in [0.15, 0.2) is 0 Å². The minimum Gasteiger partial charge on any atom is -0.377 e. The number of aromatic nitrogens is 1. The Balaban J connectivity index is 1.94. The first kappa shape index (κ1) is 11.3. The molecule has 1 atom stereocenters. The van der Waals surface area contributed by atoms with Crippen molar-refractivity contribution in [1.29, 1.82) is 0 Å². The Morgan fingerprint density at radius 2 is 2.11 bits per heavy atom. The molecule has 2 aromatic rings. The molecule has 0 spiro atoms. The van der Waals surface area contributed by atoms with Gasteiger partial charge in [0.05, 0.1) is 6.04 Å². The Labute approximate surface area is 108 Å². The molecule has 0 saturated carbocycles. The molecule has 0 radical (unpaired) electrons. The van der Waals surface area contributed by atoms with Gasteiger partial charge in [-0.15, -0.1) is 0 Å². The third-order valence-corrected chi connectivity index (χ3v) is 3.63. The molecule has 2 heteroatoms. The first-order chi connectivity index (χ1) is 8.75. The van der Waals surface area contributed by atoms with Crippen molar-refractivity contribution in [2.24, 2.45) is 0 Å². The lowest BCUT2D eigenvalue weighted by Crippen LogP contribution is -2.06. The van der Waals surface area contributed by atoms with E-state index in [2.05, 4.69) is 48.4 Å². The highest BCUT2D eigenvalue weighted by molar-refractivity contribution is 5.64. The fraction of sp³-hybridized carbons (Fsp3) is 0.312. The monoisotopic (exact) mass is 238 g/mol. The second-order valence-corrected chi connectivity index (χ2v) is 5.22. The molecule has 0 saturated heterocycles. The highest BCUT2D eigenvalue weighted by Gasteiger charge is 2.24. The van der Waals surface area contributed by atoms with E-state index < -0.39 is 0 Å².